The van der Waals surface area contributed by atoms with Gasteiger partial charge < -0.3 is 5.32 Å². The predicted octanol–water partition coefficient (Wildman–Crippen LogP) is 2.65. The van der Waals surface area contributed by atoms with Gasteiger partial charge in [-0.1, -0.05) is 16.6 Å². The number of hydrogen-bond acceptors (Lipinski definition) is 4. The zero-order valence-electron chi connectivity index (χ0n) is 8.85. The van der Waals surface area contributed by atoms with E-state index in [1.165, 1.54) is 20.7 Å². The summed E-state index contributed by atoms with van der Waals surface area (Å²) in [5.74, 6) is 0. The molecule has 0 spiro atoms. The molecule has 1 heterocycles. The van der Waals surface area contributed by atoms with Crippen molar-refractivity contribution < 1.29 is 0 Å². The second kappa shape index (κ2) is 5.70. The second-order valence-corrected chi connectivity index (χ2v) is 5.36. The molecule has 0 fully saturated rings. The monoisotopic (exact) mass is 345 g/mol. The van der Waals surface area contributed by atoms with Gasteiger partial charge in [0, 0.05) is 8.95 Å². The predicted molar refractivity (Wildman–Crippen MR) is 74.6 cm³/mol. The van der Waals surface area contributed by atoms with Gasteiger partial charge in [-0.05, 0) is 65.3 Å². The third-order valence-corrected chi connectivity index (χ3v) is 3.68. The van der Waals surface area contributed by atoms with Crippen LogP contribution in [0.25, 0.3) is 0 Å². The maximum Gasteiger partial charge on any atom is 0.0928 e. The number of likely N-dealkylation sites (N-methyl/N-ethyl adjacent to an activating group) is 1. The van der Waals surface area contributed by atoms with E-state index >= 15 is 0 Å². The Labute approximate surface area is 113 Å². The molecule has 16 heavy (non-hydrogen) atoms. The summed E-state index contributed by atoms with van der Waals surface area (Å²) < 4.78 is 5.16. The van der Waals surface area contributed by atoms with Crippen LogP contribution in [0.5, 0.6) is 0 Å². The van der Waals surface area contributed by atoms with E-state index in [0.29, 0.717) is 0 Å². The van der Waals surface area contributed by atoms with Crippen LogP contribution in [-0.2, 0) is 6.42 Å². The molecule has 1 N–H and O–H groups in total. The first-order valence-corrected chi connectivity index (χ1v) is 6.90. The van der Waals surface area contributed by atoms with Crippen molar-refractivity contribution in [3.8, 4) is 0 Å². The molecule has 1 unspecified atom stereocenters. The Morgan fingerprint density at radius 1 is 1.38 bits per heavy atom. The summed E-state index contributed by atoms with van der Waals surface area (Å²) in [5, 5.41) is 9.37. The van der Waals surface area contributed by atoms with Gasteiger partial charge in [0.05, 0.1) is 11.7 Å². The van der Waals surface area contributed by atoms with Crippen LogP contribution in [0.1, 0.15) is 17.3 Å². The van der Waals surface area contributed by atoms with E-state index in [0.717, 1.165) is 12.1 Å². The fraction of sp³-hybridized carbons (Fsp3) is 0.273. The number of rotatable bonds is 4. The Kier molecular flexibility index (Phi) is 4.25. The number of halogens is 1. The summed E-state index contributed by atoms with van der Waals surface area (Å²) in [7, 11) is 1.96. The molecular formula is C11H12IN3S. The van der Waals surface area contributed by atoms with Gasteiger partial charge in [-0.15, -0.1) is 5.10 Å². The average molecular weight is 345 g/mol. The molecule has 0 amide bonds. The highest BCUT2D eigenvalue weighted by Gasteiger charge is 2.12. The lowest BCUT2D eigenvalue weighted by Gasteiger charge is -2.13. The number of hydrogen-bond donors (Lipinski definition) is 1. The smallest absolute Gasteiger partial charge is 0.0928 e. The Bertz CT molecular complexity index is 427. The van der Waals surface area contributed by atoms with Gasteiger partial charge in [0.1, 0.15) is 0 Å². The summed E-state index contributed by atoms with van der Waals surface area (Å²) in [6.45, 7) is 0. The van der Waals surface area contributed by atoms with Gasteiger partial charge >= 0.3 is 0 Å². The first-order valence-electron chi connectivity index (χ1n) is 4.98. The largest absolute Gasteiger partial charge is 0.311 e. The summed E-state index contributed by atoms with van der Waals surface area (Å²) in [6, 6.07) is 8.82. The normalized spacial score (nSPS) is 12.6. The molecule has 1 aromatic carbocycles. The fourth-order valence-electron chi connectivity index (χ4n) is 1.53. The van der Waals surface area contributed by atoms with Crippen molar-refractivity contribution in [1.82, 2.24) is 14.9 Å². The van der Waals surface area contributed by atoms with Crippen LogP contribution in [0.2, 0.25) is 0 Å². The number of aromatic nitrogens is 2. The van der Waals surface area contributed by atoms with E-state index < -0.39 is 0 Å². The van der Waals surface area contributed by atoms with Gasteiger partial charge in [0.25, 0.3) is 0 Å². The lowest BCUT2D eigenvalue weighted by molar-refractivity contribution is 0.574. The lowest BCUT2D eigenvalue weighted by Crippen LogP contribution is -2.19. The van der Waals surface area contributed by atoms with E-state index in [9.17, 15) is 0 Å². The molecule has 1 aromatic heterocycles. The molecule has 0 saturated heterocycles. The van der Waals surface area contributed by atoms with Gasteiger partial charge in [-0.3, -0.25) is 0 Å². The van der Waals surface area contributed by atoms with Crippen molar-refractivity contribution in [2.75, 3.05) is 7.05 Å². The first-order chi connectivity index (χ1) is 7.79. The molecule has 84 valence electrons. The van der Waals surface area contributed by atoms with Crippen LogP contribution < -0.4 is 5.32 Å². The van der Waals surface area contributed by atoms with Crippen molar-refractivity contribution in [2.45, 2.75) is 12.5 Å². The summed E-state index contributed by atoms with van der Waals surface area (Å²) in [4.78, 5) is 0. The van der Waals surface area contributed by atoms with Crippen molar-refractivity contribution in [3.05, 3.63) is 44.5 Å². The molecule has 0 saturated carbocycles. The maximum absolute atomic E-state index is 4.11. The lowest BCUT2D eigenvalue weighted by atomic mass is 10.0. The molecule has 2 aromatic rings. The van der Waals surface area contributed by atoms with Crippen LogP contribution in [-0.4, -0.2) is 16.6 Å². The van der Waals surface area contributed by atoms with Gasteiger partial charge in [0.15, 0.2) is 0 Å². The average Bonchev–Trinajstić information content (AvgIpc) is 2.82. The molecule has 0 aliphatic carbocycles. The summed E-state index contributed by atoms with van der Waals surface area (Å²) in [5.41, 5.74) is 2.33. The second-order valence-electron chi connectivity index (χ2n) is 3.50. The fourth-order valence-corrected chi connectivity index (χ4v) is 2.40. The minimum Gasteiger partial charge on any atom is -0.311 e. The van der Waals surface area contributed by atoms with Crippen molar-refractivity contribution >= 4 is 34.1 Å². The van der Waals surface area contributed by atoms with Crippen molar-refractivity contribution in [3.63, 3.8) is 0 Å². The van der Waals surface area contributed by atoms with Crippen LogP contribution >= 0.6 is 34.1 Å². The number of benzene rings is 1. The quantitative estimate of drug-likeness (QED) is 0.866. The van der Waals surface area contributed by atoms with Gasteiger partial charge in [-0.2, -0.15) is 0 Å². The highest BCUT2D eigenvalue weighted by Crippen LogP contribution is 2.17. The molecular weight excluding hydrogens is 333 g/mol. The van der Waals surface area contributed by atoms with Gasteiger partial charge in [-0.25, -0.2) is 0 Å². The van der Waals surface area contributed by atoms with Gasteiger partial charge in [0.2, 0.25) is 0 Å². The Morgan fingerprint density at radius 3 is 2.69 bits per heavy atom. The van der Waals surface area contributed by atoms with Crippen LogP contribution in [0.4, 0.5) is 0 Å². The Hall–Kier alpha value is -0.530. The molecule has 0 bridgehead atoms. The van der Waals surface area contributed by atoms with E-state index in [-0.39, 0.29) is 6.04 Å². The minimum atomic E-state index is 0.249. The van der Waals surface area contributed by atoms with Crippen LogP contribution in [0.15, 0.2) is 29.6 Å². The minimum absolute atomic E-state index is 0.249. The Balaban J connectivity index is 2.10. The van der Waals surface area contributed by atoms with E-state index in [1.54, 1.807) is 0 Å². The van der Waals surface area contributed by atoms with Crippen LogP contribution in [0.3, 0.4) is 0 Å². The summed E-state index contributed by atoms with van der Waals surface area (Å²) in [6.07, 6.45) is 0.943. The topological polar surface area (TPSA) is 37.8 Å². The third kappa shape index (κ3) is 2.99. The first kappa shape index (κ1) is 11.9. The highest BCUT2D eigenvalue weighted by molar-refractivity contribution is 14.1. The molecule has 3 nitrogen and oxygen atoms in total. The molecule has 0 aliphatic rings. The maximum atomic E-state index is 4.11. The number of nitrogens with one attached hydrogen (secondary N) is 1. The third-order valence-electron chi connectivity index (χ3n) is 2.44. The van der Waals surface area contributed by atoms with E-state index in [1.807, 2.05) is 12.4 Å². The molecule has 5 heteroatoms. The molecule has 0 aliphatic heterocycles. The summed E-state index contributed by atoms with van der Waals surface area (Å²) >= 11 is 3.71. The Morgan fingerprint density at radius 2 is 2.12 bits per heavy atom. The zero-order valence-corrected chi connectivity index (χ0v) is 11.8. The number of nitrogens with zero attached hydrogens (tertiary/aromatic N) is 2. The van der Waals surface area contributed by atoms with E-state index in [2.05, 4.69) is 61.8 Å². The van der Waals surface area contributed by atoms with Crippen molar-refractivity contribution in [2.24, 2.45) is 0 Å². The highest BCUT2D eigenvalue weighted by atomic mass is 127. The zero-order chi connectivity index (χ0) is 11.4. The molecule has 2 rings (SSSR count). The van der Waals surface area contributed by atoms with Crippen molar-refractivity contribution in [1.29, 1.82) is 0 Å². The van der Waals surface area contributed by atoms with Crippen LogP contribution in [0, 0.1) is 3.57 Å². The SMILES string of the molecule is CNC(Cc1ccc(I)cc1)c1csnn1. The standard InChI is InChI=1S/C11H12IN3S/c1-13-10(11-7-16-15-14-11)6-8-2-4-9(12)5-3-8/h2-5,7,10,13H,6H2,1H3. The molecule has 0 radical (unpaired) electrons. The molecule has 1 atom stereocenters. The van der Waals surface area contributed by atoms with E-state index in [4.69, 9.17) is 0 Å².